The third-order valence-electron chi connectivity index (χ3n) is 3.61. The number of anilines is 1. The summed E-state index contributed by atoms with van der Waals surface area (Å²) in [6, 6.07) is 7.03. The van der Waals surface area contributed by atoms with Gasteiger partial charge in [0.25, 0.3) is 0 Å². The molecule has 1 fully saturated rings. The molecule has 6 heteroatoms. The lowest BCUT2D eigenvalue weighted by Crippen LogP contribution is -2.36. The maximum absolute atomic E-state index is 11.9. The van der Waals surface area contributed by atoms with Crippen molar-refractivity contribution in [2.45, 2.75) is 31.9 Å². The molecule has 2 amide bonds. The topological polar surface area (TPSA) is 87.7 Å². The summed E-state index contributed by atoms with van der Waals surface area (Å²) in [4.78, 5) is 22.8. The van der Waals surface area contributed by atoms with Crippen LogP contribution < -0.4 is 10.6 Å². The van der Waals surface area contributed by atoms with Gasteiger partial charge < -0.3 is 20.5 Å². The van der Waals surface area contributed by atoms with Crippen molar-refractivity contribution in [1.29, 1.82) is 0 Å². The van der Waals surface area contributed by atoms with Crippen LogP contribution >= 0.6 is 0 Å². The number of methoxy groups -OCH3 is 1. The normalized spacial score (nSPS) is 21.0. The minimum atomic E-state index is -0.785. The summed E-state index contributed by atoms with van der Waals surface area (Å²) < 4.78 is 5.05. The molecular formula is C15H20N2O4. The Kier molecular flexibility index (Phi) is 5.16. The zero-order chi connectivity index (χ0) is 15.2. The lowest BCUT2D eigenvalue weighted by Gasteiger charge is -2.14. The van der Waals surface area contributed by atoms with E-state index in [2.05, 4.69) is 10.6 Å². The lowest BCUT2D eigenvalue weighted by molar-refractivity contribution is -0.141. The van der Waals surface area contributed by atoms with Gasteiger partial charge in [-0.1, -0.05) is 12.1 Å². The van der Waals surface area contributed by atoms with E-state index in [0.29, 0.717) is 31.6 Å². The second kappa shape index (κ2) is 7.08. The summed E-state index contributed by atoms with van der Waals surface area (Å²) in [5.74, 6) is -1.13. The molecule has 0 spiro atoms. The molecule has 114 valence electrons. The number of hydrogen-bond acceptors (Lipinski definition) is 3. The lowest BCUT2D eigenvalue weighted by atomic mass is 10.1. The molecule has 1 aliphatic carbocycles. The van der Waals surface area contributed by atoms with E-state index in [-0.39, 0.29) is 18.0 Å². The van der Waals surface area contributed by atoms with E-state index >= 15 is 0 Å². The number of rotatable bonds is 5. The zero-order valence-electron chi connectivity index (χ0n) is 12.0. The molecule has 0 radical (unpaired) electrons. The molecule has 6 nitrogen and oxygen atoms in total. The van der Waals surface area contributed by atoms with Gasteiger partial charge in [0.1, 0.15) is 0 Å². The van der Waals surface area contributed by atoms with Crippen LogP contribution in [-0.2, 0) is 16.1 Å². The molecule has 0 heterocycles. The molecule has 2 rings (SSSR count). The number of carbonyl (C=O) groups excluding carboxylic acids is 1. The third-order valence-corrected chi connectivity index (χ3v) is 3.61. The van der Waals surface area contributed by atoms with Crippen LogP contribution in [-0.4, -0.2) is 30.3 Å². The number of carboxylic acid groups (broad SMARTS) is 1. The van der Waals surface area contributed by atoms with Crippen molar-refractivity contribution >= 4 is 17.7 Å². The molecule has 2 atom stereocenters. The summed E-state index contributed by atoms with van der Waals surface area (Å²) in [6.07, 6.45) is 1.81. The van der Waals surface area contributed by atoms with Crippen molar-refractivity contribution in [1.82, 2.24) is 5.32 Å². The van der Waals surface area contributed by atoms with Gasteiger partial charge in [-0.05, 0) is 37.0 Å². The fourth-order valence-corrected chi connectivity index (χ4v) is 2.60. The highest BCUT2D eigenvalue weighted by Gasteiger charge is 2.30. The molecule has 1 aromatic carbocycles. The molecule has 21 heavy (non-hydrogen) atoms. The Balaban J connectivity index is 1.85. The van der Waals surface area contributed by atoms with Gasteiger partial charge in [0.2, 0.25) is 0 Å². The highest BCUT2D eigenvalue weighted by molar-refractivity contribution is 5.89. The van der Waals surface area contributed by atoms with Crippen LogP contribution in [0.4, 0.5) is 10.5 Å². The van der Waals surface area contributed by atoms with Gasteiger partial charge in [-0.25, -0.2) is 4.79 Å². The third kappa shape index (κ3) is 4.46. The van der Waals surface area contributed by atoms with Gasteiger partial charge in [0, 0.05) is 18.8 Å². The minimum absolute atomic E-state index is 0.0757. The zero-order valence-corrected chi connectivity index (χ0v) is 12.0. The van der Waals surface area contributed by atoms with Crippen molar-refractivity contribution in [2.75, 3.05) is 12.4 Å². The Hall–Kier alpha value is -2.08. The molecule has 1 aliphatic rings. The summed E-state index contributed by atoms with van der Waals surface area (Å²) in [5, 5.41) is 14.5. The number of ether oxygens (including phenoxy) is 1. The summed E-state index contributed by atoms with van der Waals surface area (Å²) in [5.41, 5.74) is 1.66. The van der Waals surface area contributed by atoms with Crippen LogP contribution in [0.25, 0.3) is 0 Å². The first-order valence-electron chi connectivity index (χ1n) is 6.96. The predicted octanol–water partition coefficient (Wildman–Crippen LogP) is 2.21. The van der Waals surface area contributed by atoms with E-state index in [1.54, 1.807) is 13.2 Å². The Morgan fingerprint density at radius 2 is 2.19 bits per heavy atom. The number of benzene rings is 1. The Morgan fingerprint density at radius 1 is 1.38 bits per heavy atom. The predicted molar refractivity (Wildman–Crippen MR) is 78.1 cm³/mol. The average molecular weight is 292 g/mol. The van der Waals surface area contributed by atoms with Crippen molar-refractivity contribution < 1.29 is 19.4 Å². The minimum Gasteiger partial charge on any atom is -0.481 e. The number of hydrogen-bond donors (Lipinski definition) is 3. The maximum atomic E-state index is 11.9. The van der Waals surface area contributed by atoms with Gasteiger partial charge >= 0.3 is 12.0 Å². The molecule has 0 aliphatic heterocycles. The Bertz CT molecular complexity index is 518. The molecular weight excluding hydrogens is 272 g/mol. The summed E-state index contributed by atoms with van der Waals surface area (Å²) in [7, 11) is 1.62. The molecule has 0 aromatic heterocycles. The van der Waals surface area contributed by atoms with E-state index in [1.807, 2.05) is 18.2 Å². The molecule has 0 bridgehead atoms. The van der Waals surface area contributed by atoms with Crippen molar-refractivity contribution in [3.63, 3.8) is 0 Å². The number of amides is 2. The van der Waals surface area contributed by atoms with Gasteiger partial charge in [0.05, 0.1) is 12.5 Å². The number of nitrogens with one attached hydrogen (secondary N) is 2. The van der Waals surface area contributed by atoms with E-state index in [4.69, 9.17) is 9.84 Å². The van der Waals surface area contributed by atoms with Crippen molar-refractivity contribution in [3.8, 4) is 0 Å². The number of urea groups is 1. The first kappa shape index (κ1) is 15.3. The van der Waals surface area contributed by atoms with Crippen LogP contribution in [0, 0.1) is 5.92 Å². The van der Waals surface area contributed by atoms with Gasteiger partial charge in [0.15, 0.2) is 0 Å². The number of aliphatic carboxylic acids is 1. The summed E-state index contributed by atoms with van der Waals surface area (Å²) in [6.45, 7) is 0.486. The van der Waals surface area contributed by atoms with E-state index < -0.39 is 5.97 Å². The Morgan fingerprint density at radius 3 is 2.86 bits per heavy atom. The molecule has 1 saturated carbocycles. The molecule has 1 aromatic rings. The number of carboxylic acids is 1. The van der Waals surface area contributed by atoms with Crippen molar-refractivity contribution in [3.05, 3.63) is 29.8 Å². The van der Waals surface area contributed by atoms with Gasteiger partial charge in [-0.3, -0.25) is 4.79 Å². The van der Waals surface area contributed by atoms with Crippen LogP contribution in [0.3, 0.4) is 0 Å². The van der Waals surface area contributed by atoms with E-state index in [1.165, 1.54) is 0 Å². The van der Waals surface area contributed by atoms with E-state index in [9.17, 15) is 9.59 Å². The Labute approximate surface area is 123 Å². The fourth-order valence-electron chi connectivity index (χ4n) is 2.60. The molecule has 0 unspecified atom stereocenters. The highest BCUT2D eigenvalue weighted by atomic mass is 16.5. The van der Waals surface area contributed by atoms with Crippen molar-refractivity contribution in [2.24, 2.45) is 5.92 Å². The standard InChI is InChI=1S/C15H20N2O4/c1-21-9-10-3-2-4-12(7-10)16-15(20)17-13-6-5-11(8-13)14(18)19/h2-4,7,11,13H,5-6,8-9H2,1H3,(H,18,19)(H2,16,17,20)/t11-,13+/m1/s1. The van der Waals surface area contributed by atoms with Crippen LogP contribution in [0.2, 0.25) is 0 Å². The smallest absolute Gasteiger partial charge is 0.319 e. The molecule has 0 saturated heterocycles. The second-order valence-electron chi connectivity index (χ2n) is 5.28. The average Bonchev–Trinajstić information content (AvgIpc) is 2.88. The summed E-state index contributed by atoms with van der Waals surface area (Å²) >= 11 is 0. The quantitative estimate of drug-likeness (QED) is 0.776. The largest absolute Gasteiger partial charge is 0.481 e. The van der Waals surface area contributed by atoms with Crippen LogP contribution in [0.1, 0.15) is 24.8 Å². The van der Waals surface area contributed by atoms with Gasteiger partial charge in [-0.2, -0.15) is 0 Å². The molecule has 3 N–H and O–H groups in total. The highest BCUT2D eigenvalue weighted by Crippen LogP contribution is 2.25. The van der Waals surface area contributed by atoms with Crippen LogP contribution in [0.15, 0.2) is 24.3 Å². The second-order valence-corrected chi connectivity index (χ2v) is 5.28. The maximum Gasteiger partial charge on any atom is 0.319 e. The fraction of sp³-hybridized carbons (Fsp3) is 0.467. The van der Waals surface area contributed by atoms with Crippen LogP contribution in [0.5, 0.6) is 0 Å². The van der Waals surface area contributed by atoms with Gasteiger partial charge in [-0.15, -0.1) is 0 Å². The first-order chi connectivity index (χ1) is 10.1. The van der Waals surface area contributed by atoms with E-state index in [0.717, 1.165) is 5.56 Å². The monoisotopic (exact) mass is 292 g/mol. The number of carbonyl (C=O) groups is 2. The first-order valence-corrected chi connectivity index (χ1v) is 6.96. The SMILES string of the molecule is COCc1cccc(NC(=O)N[C@H]2CC[C@@H](C(=O)O)C2)c1.